The second kappa shape index (κ2) is 9.80. The number of rotatable bonds is 8. The van der Waals surface area contributed by atoms with Crippen LogP contribution in [0.2, 0.25) is 0 Å². The van der Waals surface area contributed by atoms with Crippen LogP contribution in [-0.2, 0) is 20.7 Å². The Labute approximate surface area is 166 Å². The standard InChI is InChI=1S/C20H21NO6S/c1-4-15-12(3)28-18(17(15)20(25)26-5-2)21-16(23)11-27-19(24)14-8-6-13(10-22)7-9-14/h6-10H,4-5,11H2,1-3H3,(H,21,23). The van der Waals surface area contributed by atoms with Crippen molar-refractivity contribution in [2.75, 3.05) is 18.5 Å². The third-order valence-corrected chi connectivity index (χ3v) is 4.97. The van der Waals surface area contributed by atoms with E-state index in [9.17, 15) is 19.2 Å². The van der Waals surface area contributed by atoms with Crippen molar-refractivity contribution in [2.24, 2.45) is 0 Å². The molecule has 0 spiro atoms. The molecule has 1 aromatic heterocycles. The topological polar surface area (TPSA) is 98.8 Å². The highest BCUT2D eigenvalue weighted by Crippen LogP contribution is 2.34. The van der Waals surface area contributed by atoms with Crippen LogP contribution in [0.25, 0.3) is 0 Å². The van der Waals surface area contributed by atoms with Gasteiger partial charge in [-0.25, -0.2) is 9.59 Å². The summed E-state index contributed by atoms with van der Waals surface area (Å²) in [5, 5.41) is 3.00. The van der Waals surface area contributed by atoms with Gasteiger partial charge in [0.1, 0.15) is 11.3 Å². The van der Waals surface area contributed by atoms with Gasteiger partial charge in [-0.1, -0.05) is 19.1 Å². The maximum Gasteiger partial charge on any atom is 0.341 e. The molecular formula is C20H21NO6S. The summed E-state index contributed by atoms with van der Waals surface area (Å²) in [7, 11) is 0. The lowest BCUT2D eigenvalue weighted by molar-refractivity contribution is -0.119. The molecule has 1 amide bonds. The number of aldehydes is 1. The van der Waals surface area contributed by atoms with Gasteiger partial charge in [0.2, 0.25) is 0 Å². The normalized spacial score (nSPS) is 10.2. The second-order valence-electron chi connectivity index (χ2n) is 5.78. The Morgan fingerprint density at radius 2 is 1.75 bits per heavy atom. The van der Waals surface area contributed by atoms with Gasteiger partial charge in [-0.05, 0) is 38.0 Å². The van der Waals surface area contributed by atoms with Crippen LogP contribution in [0.1, 0.15) is 55.4 Å². The smallest absolute Gasteiger partial charge is 0.341 e. The number of aryl methyl sites for hydroxylation is 1. The minimum absolute atomic E-state index is 0.227. The molecule has 8 heteroatoms. The first kappa shape index (κ1) is 21.3. The Balaban J connectivity index is 2.05. The van der Waals surface area contributed by atoms with E-state index in [4.69, 9.17) is 9.47 Å². The van der Waals surface area contributed by atoms with Gasteiger partial charge in [0, 0.05) is 10.4 Å². The highest BCUT2D eigenvalue weighted by Gasteiger charge is 2.23. The van der Waals surface area contributed by atoms with Crippen molar-refractivity contribution in [1.82, 2.24) is 0 Å². The van der Waals surface area contributed by atoms with Gasteiger partial charge < -0.3 is 14.8 Å². The van der Waals surface area contributed by atoms with E-state index >= 15 is 0 Å². The first-order valence-corrected chi connectivity index (χ1v) is 9.54. The molecule has 0 radical (unpaired) electrons. The van der Waals surface area contributed by atoms with Crippen molar-refractivity contribution in [3.05, 3.63) is 51.4 Å². The number of amides is 1. The molecule has 0 atom stereocenters. The van der Waals surface area contributed by atoms with E-state index < -0.39 is 24.5 Å². The van der Waals surface area contributed by atoms with Gasteiger partial charge in [0.05, 0.1) is 17.7 Å². The number of ether oxygens (including phenoxy) is 2. The van der Waals surface area contributed by atoms with E-state index in [0.717, 1.165) is 10.4 Å². The molecule has 0 aliphatic rings. The van der Waals surface area contributed by atoms with E-state index in [-0.39, 0.29) is 12.2 Å². The number of hydrogen-bond acceptors (Lipinski definition) is 7. The Morgan fingerprint density at radius 3 is 2.32 bits per heavy atom. The van der Waals surface area contributed by atoms with Gasteiger partial charge in [-0.2, -0.15) is 0 Å². The van der Waals surface area contributed by atoms with Crippen molar-refractivity contribution >= 4 is 40.5 Å². The average molecular weight is 403 g/mol. The van der Waals surface area contributed by atoms with Gasteiger partial charge in [-0.15, -0.1) is 11.3 Å². The monoisotopic (exact) mass is 403 g/mol. The first-order valence-electron chi connectivity index (χ1n) is 8.72. The zero-order valence-electron chi connectivity index (χ0n) is 15.9. The molecule has 1 N–H and O–H groups in total. The molecule has 0 saturated carbocycles. The predicted octanol–water partition coefficient (Wildman–Crippen LogP) is 3.40. The van der Waals surface area contributed by atoms with Crippen molar-refractivity contribution in [2.45, 2.75) is 27.2 Å². The molecule has 0 unspecified atom stereocenters. The number of carbonyl (C=O) groups excluding carboxylic acids is 4. The van der Waals surface area contributed by atoms with E-state index in [1.54, 1.807) is 6.92 Å². The lowest BCUT2D eigenvalue weighted by Gasteiger charge is -2.08. The Bertz CT molecular complexity index is 885. The van der Waals surface area contributed by atoms with Crippen LogP contribution in [0.4, 0.5) is 5.00 Å². The maximum atomic E-state index is 12.3. The van der Waals surface area contributed by atoms with Gasteiger partial charge >= 0.3 is 11.9 Å². The molecule has 0 aliphatic carbocycles. The second-order valence-corrected chi connectivity index (χ2v) is 7.00. The summed E-state index contributed by atoms with van der Waals surface area (Å²) >= 11 is 1.28. The minimum Gasteiger partial charge on any atom is -0.462 e. The molecule has 1 aromatic carbocycles. The lowest BCUT2D eigenvalue weighted by Crippen LogP contribution is -2.22. The summed E-state index contributed by atoms with van der Waals surface area (Å²) in [5.74, 6) is -1.74. The number of thiophene rings is 1. The molecular weight excluding hydrogens is 382 g/mol. The van der Waals surface area contributed by atoms with Crippen LogP contribution in [-0.4, -0.2) is 37.3 Å². The van der Waals surface area contributed by atoms with Crippen LogP contribution < -0.4 is 5.32 Å². The van der Waals surface area contributed by atoms with Crippen molar-refractivity contribution < 1.29 is 28.7 Å². The number of hydrogen-bond donors (Lipinski definition) is 1. The first-order chi connectivity index (χ1) is 13.4. The molecule has 148 valence electrons. The summed E-state index contributed by atoms with van der Waals surface area (Å²) in [4.78, 5) is 48.0. The summed E-state index contributed by atoms with van der Waals surface area (Å²) in [6.45, 7) is 5.22. The number of anilines is 1. The summed E-state index contributed by atoms with van der Waals surface area (Å²) < 4.78 is 10.1. The van der Waals surface area contributed by atoms with E-state index in [0.29, 0.717) is 28.8 Å². The quantitative estimate of drug-likeness (QED) is 0.536. The zero-order valence-corrected chi connectivity index (χ0v) is 16.7. The van der Waals surface area contributed by atoms with Crippen LogP contribution in [0.3, 0.4) is 0 Å². The molecule has 1 heterocycles. The fraction of sp³-hybridized carbons (Fsp3) is 0.300. The average Bonchev–Trinajstić information content (AvgIpc) is 3.01. The Hall–Kier alpha value is -3.00. The van der Waals surface area contributed by atoms with E-state index in [1.807, 2.05) is 13.8 Å². The minimum atomic E-state index is -0.685. The summed E-state index contributed by atoms with van der Waals surface area (Å²) in [6.07, 6.45) is 1.29. The van der Waals surface area contributed by atoms with Crippen LogP contribution in [0.5, 0.6) is 0 Å². The number of esters is 2. The van der Waals surface area contributed by atoms with E-state index in [2.05, 4.69) is 5.32 Å². The number of benzene rings is 1. The molecule has 2 aromatic rings. The van der Waals surface area contributed by atoms with Crippen LogP contribution in [0.15, 0.2) is 24.3 Å². The molecule has 0 saturated heterocycles. The molecule has 0 fully saturated rings. The van der Waals surface area contributed by atoms with Crippen molar-refractivity contribution in [3.63, 3.8) is 0 Å². The Kier molecular flexibility index (Phi) is 7.45. The van der Waals surface area contributed by atoms with Gasteiger partial charge in [-0.3, -0.25) is 9.59 Å². The van der Waals surface area contributed by atoms with E-state index in [1.165, 1.54) is 35.6 Å². The van der Waals surface area contributed by atoms with Gasteiger partial charge in [0.15, 0.2) is 6.61 Å². The molecule has 28 heavy (non-hydrogen) atoms. The van der Waals surface area contributed by atoms with Crippen molar-refractivity contribution in [3.8, 4) is 0 Å². The van der Waals surface area contributed by atoms with Gasteiger partial charge in [0.25, 0.3) is 5.91 Å². The predicted molar refractivity (Wildman–Crippen MR) is 105 cm³/mol. The molecule has 0 aliphatic heterocycles. The largest absolute Gasteiger partial charge is 0.462 e. The maximum absolute atomic E-state index is 12.3. The third kappa shape index (κ3) is 5.04. The fourth-order valence-corrected chi connectivity index (χ4v) is 3.74. The zero-order chi connectivity index (χ0) is 20.7. The number of nitrogens with one attached hydrogen (secondary N) is 1. The molecule has 2 rings (SSSR count). The summed E-state index contributed by atoms with van der Waals surface area (Å²) in [6, 6.07) is 5.85. The molecule has 0 bridgehead atoms. The highest BCUT2D eigenvalue weighted by molar-refractivity contribution is 7.16. The van der Waals surface area contributed by atoms with Crippen LogP contribution >= 0.6 is 11.3 Å². The summed E-state index contributed by atoms with van der Waals surface area (Å²) in [5.41, 5.74) is 1.83. The lowest BCUT2D eigenvalue weighted by atomic mass is 10.1. The Morgan fingerprint density at radius 1 is 1.07 bits per heavy atom. The SMILES string of the molecule is CCOC(=O)c1c(NC(=O)COC(=O)c2ccc(C=O)cc2)sc(C)c1CC. The molecule has 7 nitrogen and oxygen atoms in total. The van der Waals surface area contributed by atoms with Crippen LogP contribution in [0, 0.1) is 6.92 Å². The highest BCUT2D eigenvalue weighted by atomic mass is 32.1. The fourth-order valence-electron chi connectivity index (χ4n) is 2.59. The van der Waals surface area contributed by atoms with Crippen molar-refractivity contribution in [1.29, 1.82) is 0 Å². The third-order valence-electron chi connectivity index (χ3n) is 3.91. The number of carbonyl (C=O) groups is 4.